The Hall–Kier alpha value is -2.67. The molecule has 6 nitrogen and oxygen atoms in total. The number of nitrogens with one attached hydrogen (secondary N) is 2. The van der Waals surface area contributed by atoms with E-state index < -0.39 is 5.97 Å². The molecule has 0 spiro atoms. The van der Waals surface area contributed by atoms with Crippen molar-refractivity contribution in [1.82, 2.24) is 5.32 Å². The molecule has 1 aromatic carbocycles. The summed E-state index contributed by atoms with van der Waals surface area (Å²) in [6.45, 7) is 3.95. The standard InChI is InChI=1S/C19H22N2O4S/c1-4-8-14(22)21-18-15(19(24)25-3)12(2)16(26-18)17(23)20-11-13-9-6-5-7-10-13/h5-7,9-10H,4,8,11H2,1-3H3,(H,20,23)(H,21,22). The summed E-state index contributed by atoms with van der Waals surface area (Å²) in [5.41, 5.74) is 1.70. The molecular formula is C19H22N2O4S. The average Bonchev–Trinajstić information content (AvgIpc) is 2.96. The van der Waals surface area contributed by atoms with Gasteiger partial charge in [-0.3, -0.25) is 9.59 Å². The predicted octanol–water partition coefficient (Wildman–Crippen LogP) is 3.51. The summed E-state index contributed by atoms with van der Waals surface area (Å²) in [6, 6.07) is 9.53. The van der Waals surface area contributed by atoms with Gasteiger partial charge in [-0.2, -0.15) is 0 Å². The third-order valence-electron chi connectivity index (χ3n) is 3.77. The van der Waals surface area contributed by atoms with Crippen LogP contribution in [0.5, 0.6) is 0 Å². The number of esters is 1. The lowest BCUT2D eigenvalue weighted by Gasteiger charge is -2.05. The van der Waals surface area contributed by atoms with Crippen molar-refractivity contribution in [3.63, 3.8) is 0 Å². The number of carbonyl (C=O) groups excluding carboxylic acids is 3. The normalized spacial score (nSPS) is 10.3. The number of rotatable bonds is 7. The molecule has 2 aromatic rings. The number of carbonyl (C=O) groups is 3. The van der Waals surface area contributed by atoms with Gasteiger partial charge in [-0.1, -0.05) is 37.3 Å². The molecule has 0 fully saturated rings. The topological polar surface area (TPSA) is 84.5 Å². The van der Waals surface area contributed by atoms with Crippen LogP contribution in [0.4, 0.5) is 5.00 Å². The molecule has 26 heavy (non-hydrogen) atoms. The van der Waals surface area contributed by atoms with Gasteiger partial charge in [0.15, 0.2) is 0 Å². The second-order valence-electron chi connectivity index (χ2n) is 5.72. The molecule has 0 saturated carbocycles. The monoisotopic (exact) mass is 374 g/mol. The first kappa shape index (κ1) is 19.7. The third-order valence-corrected chi connectivity index (χ3v) is 4.97. The number of methoxy groups -OCH3 is 1. The molecule has 7 heteroatoms. The van der Waals surface area contributed by atoms with E-state index in [4.69, 9.17) is 4.74 Å². The van der Waals surface area contributed by atoms with Gasteiger partial charge >= 0.3 is 5.97 Å². The Labute approximate surface area is 156 Å². The first-order valence-corrected chi connectivity index (χ1v) is 9.13. The predicted molar refractivity (Wildman–Crippen MR) is 102 cm³/mol. The Bertz CT molecular complexity index is 799. The van der Waals surface area contributed by atoms with Gasteiger partial charge in [-0.15, -0.1) is 11.3 Å². The van der Waals surface area contributed by atoms with Gasteiger partial charge in [0.05, 0.1) is 17.6 Å². The molecule has 0 atom stereocenters. The zero-order valence-electron chi connectivity index (χ0n) is 15.0. The quantitative estimate of drug-likeness (QED) is 0.727. The van der Waals surface area contributed by atoms with Crippen LogP contribution >= 0.6 is 11.3 Å². The molecule has 0 radical (unpaired) electrons. The highest BCUT2D eigenvalue weighted by Gasteiger charge is 2.26. The lowest BCUT2D eigenvalue weighted by atomic mass is 10.1. The number of hydrogen-bond donors (Lipinski definition) is 2. The molecular weight excluding hydrogens is 352 g/mol. The molecule has 0 aliphatic rings. The summed E-state index contributed by atoms with van der Waals surface area (Å²) in [5.74, 6) is -1.07. The van der Waals surface area contributed by atoms with Crippen LogP contribution < -0.4 is 10.6 Å². The van der Waals surface area contributed by atoms with E-state index in [1.54, 1.807) is 6.92 Å². The molecule has 0 aliphatic heterocycles. The first-order chi connectivity index (χ1) is 12.5. The van der Waals surface area contributed by atoms with Crippen molar-refractivity contribution in [2.24, 2.45) is 0 Å². The first-order valence-electron chi connectivity index (χ1n) is 8.31. The van der Waals surface area contributed by atoms with Gasteiger partial charge in [0, 0.05) is 13.0 Å². The van der Waals surface area contributed by atoms with E-state index >= 15 is 0 Å². The second-order valence-corrected chi connectivity index (χ2v) is 6.74. The maximum absolute atomic E-state index is 12.6. The van der Waals surface area contributed by atoms with Crippen LogP contribution in [0.1, 0.15) is 50.9 Å². The third kappa shape index (κ3) is 4.70. The minimum absolute atomic E-state index is 0.199. The van der Waals surface area contributed by atoms with Crippen molar-refractivity contribution in [3.05, 3.63) is 51.9 Å². The number of thiophene rings is 1. The van der Waals surface area contributed by atoms with E-state index in [9.17, 15) is 14.4 Å². The van der Waals surface area contributed by atoms with Crippen LogP contribution in [-0.2, 0) is 16.1 Å². The van der Waals surface area contributed by atoms with E-state index in [0.717, 1.165) is 16.9 Å². The van der Waals surface area contributed by atoms with Gasteiger partial charge in [-0.05, 0) is 24.5 Å². The number of hydrogen-bond acceptors (Lipinski definition) is 5. The minimum atomic E-state index is -0.576. The van der Waals surface area contributed by atoms with Gasteiger partial charge in [0.1, 0.15) is 5.00 Å². The van der Waals surface area contributed by atoms with E-state index in [-0.39, 0.29) is 17.4 Å². The molecule has 1 aromatic heterocycles. The van der Waals surface area contributed by atoms with Gasteiger partial charge in [0.2, 0.25) is 5.91 Å². The lowest BCUT2D eigenvalue weighted by molar-refractivity contribution is -0.116. The molecule has 1 heterocycles. The molecule has 0 saturated heterocycles. The van der Waals surface area contributed by atoms with Crippen molar-refractivity contribution in [2.45, 2.75) is 33.2 Å². The van der Waals surface area contributed by atoms with E-state index in [2.05, 4.69) is 10.6 Å². The van der Waals surface area contributed by atoms with E-state index in [1.165, 1.54) is 7.11 Å². The molecule has 138 valence electrons. The average molecular weight is 374 g/mol. The van der Waals surface area contributed by atoms with Gasteiger partial charge < -0.3 is 15.4 Å². The fourth-order valence-corrected chi connectivity index (χ4v) is 3.57. The second kappa shape index (κ2) is 9.15. The van der Waals surface area contributed by atoms with Crippen LogP contribution in [0.2, 0.25) is 0 Å². The molecule has 0 aliphatic carbocycles. The lowest BCUT2D eigenvalue weighted by Crippen LogP contribution is -2.22. The largest absolute Gasteiger partial charge is 0.465 e. The maximum atomic E-state index is 12.6. The number of amides is 2. The van der Waals surface area contributed by atoms with E-state index in [1.807, 2.05) is 37.3 Å². The highest BCUT2D eigenvalue weighted by molar-refractivity contribution is 7.18. The van der Waals surface area contributed by atoms with Crippen molar-refractivity contribution in [3.8, 4) is 0 Å². The Morgan fingerprint density at radius 1 is 1.15 bits per heavy atom. The molecule has 2 amide bonds. The zero-order valence-corrected chi connectivity index (χ0v) is 15.9. The van der Waals surface area contributed by atoms with E-state index in [0.29, 0.717) is 34.8 Å². The highest BCUT2D eigenvalue weighted by Crippen LogP contribution is 2.34. The van der Waals surface area contributed by atoms with Gasteiger partial charge in [-0.25, -0.2) is 4.79 Å². The molecule has 2 rings (SSSR count). The van der Waals surface area contributed by atoms with Crippen molar-refractivity contribution >= 4 is 34.1 Å². The Morgan fingerprint density at radius 3 is 2.46 bits per heavy atom. The summed E-state index contributed by atoms with van der Waals surface area (Å²) in [5, 5.41) is 5.90. The summed E-state index contributed by atoms with van der Waals surface area (Å²) in [6.07, 6.45) is 1.03. The fourth-order valence-electron chi connectivity index (χ4n) is 2.44. The molecule has 0 bridgehead atoms. The smallest absolute Gasteiger partial charge is 0.341 e. The highest BCUT2D eigenvalue weighted by atomic mass is 32.1. The van der Waals surface area contributed by atoms with Crippen molar-refractivity contribution in [1.29, 1.82) is 0 Å². The number of ether oxygens (including phenoxy) is 1. The van der Waals surface area contributed by atoms with Crippen molar-refractivity contribution < 1.29 is 19.1 Å². The minimum Gasteiger partial charge on any atom is -0.465 e. The summed E-state index contributed by atoms with van der Waals surface area (Å²) in [4.78, 5) is 37.0. The molecule has 2 N–H and O–H groups in total. The van der Waals surface area contributed by atoms with Crippen molar-refractivity contribution in [2.75, 3.05) is 12.4 Å². The zero-order chi connectivity index (χ0) is 19.1. The summed E-state index contributed by atoms with van der Waals surface area (Å²) in [7, 11) is 1.27. The Kier molecular flexibility index (Phi) is 6.91. The maximum Gasteiger partial charge on any atom is 0.341 e. The fraction of sp³-hybridized carbons (Fsp3) is 0.316. The van der Waals surface area contributed by atoms with Crippen LogP contribution in [0.15, 0.2) is 30.3 Å². The summed E-state index contributed by atoms with van der Waals surface area (Å²) >= 11 is 1.08. The van der Waals surface area contributed by atoms with Crippen LogP contribution in [-0.4, -0.2) is 24.9 Å². The van der Waals surface area contributed by atoms with Crippen LogP contribution in [0.3, 0.4) is 0 Å². The van der Waals surface area contributed by atoms with Crippen LogP contribution in [0.25, 0.3) is 0 Å². The molecule has 0 unspecified atom stereocenters. The SMILES string of the molecule is CCCC(=O)Nc1sc(C(=O)NCc2ccccc2)c(C)c1C(=O)OC. The Morgan fingerprint density at radius 2 is 1.85 bits per heavy atom. The summed E-state index contributed by atoms with van der Waals surface area (Å²) < 4.78 is 4.81. The number of benzene rings is 1. The Balaban J connectivity index is 2.24. The van der Waals surface area contributed by atoms with Gasteiger partial charge in [0.25, 0.3) is 5.91 Å². The number of anilines is 1. The van der Waals surface area contributed by atoms with Crippen LogP contribution in [0, 0.1) is 6.92 Å².